The Balaban J connectivity index is 2.13. The van der Waals surface area contributed by atoms with Crippen LogP contribution < -0.4 is 0 Å². The summed E-state index contributed by atoms with van der Waals surface area (Å²) in [5.74, 6) is -1.82. The lowest BCUT2D eigenvalue weighted by Gasteiger charge is -2.17. The van der Waals surface area contributed by atoms with Gasteiger partial charge in [0.2, 0.25) is 0 Å². The summed E-state index contributed by atoms with van der Waals surface area (Å²) in [6.45, 7) is 0.207. The molecule has 0 fully saturated rings. The van der Waals surface area contributed by atoms with E-state index in [0.29, 0.717) is 10.4 Å². The molecule has 1 heterocycles. The van der Waals surface area contributed by atoms with E-state index in [1.165, 1.54) is 35.2 Å². The van der Waals surface area contributed by atoms with Crippen LogP contribution in [-0.4, -0.2) is 28.9 Å². The third kappa shape index (κ3) is 3.59. The van der Waals surface area contributed by atoms with Crippen LogP contribution in [0.15, 0.2) is 30.3 Å². The lowest BCUT2D eigenvalue weighted by atomic mass is 10.2. The van der Waals surface area contributed by atoms with Gasteiger partial charge in [0, 0.05) is 18.6 Å². The maximum absolute atomic E-state index is 13.0. The Kier molecular flexibility index (Phi) is 4.59. The minimum absolute atomic E-state index is 0.103. The first-order chi connectivity index (χ1) is 9.88. The van der Waals surface area contributed by atoms with Crippen molar-refractivity contribution in [2.75, 3.05) is 7.05 Å². The van der Waals surface area contributed by atoms with Gasteiger partial charge >= 0.3 is 5.97 Å². The number of benzene rings is 1. The molecule has 0 radical (unpaired) electrons. The summed E-state index contributed by atoms with van der Waals surface area (Å²) in [4.78, 5) is 24.8. The predicted molar refractivity (Wildman–Crippen MR) is 78.5 cm³/mol. The number of carboxylic acids is 1. The lowest BCUT2D eigenvalue weighted by molar-refractivity contribution is 0.0701. The van der Waals surface area contributed by atoms with Gasteiger partial charge in [0.05, 0.1) is 4.88 Å². The second-order valence-corrected chi connectivity index (χ2v) is 5.86. The van der Waals surface area contributed by atoms with Crippen LogP contribution >= 0.6 is 22.9 Å². The summed E-state index contributed by atoms with van der Waals surface area (Å²) < 4.78 is 13.0. The van der Waals surface area contributed by atoms with Crippen molar-refractivity contribution < 1.29 is 19.1 Å². The Morgan fingerprint density at radius 2 is 1.95 bits per heavy atom. The van der Waals surface area contributed by atoms with Gasteiger partial charge in [0.25, 0.3) is 5.91 Å². The third-order valence-electron chi connectivity index (χ3n) is 2.80. The molecule has 1 aromatic heterocycles. The molecule has 1 aromatic carbocycles. The molecule has 2 aromatic rings. The smallest absolute Gasteiger partial charge is 0.345 e. The van der Waals surface area contributed by atoms with Gasteiger partial charge in [-0.25, -0.2) is 9.18 Å². The van der Waals surface area contributed by atoms with E-state index in [1.807, 2.05) is 0 Å². The van der Waals surface area contributed by atoms with Gasteiger partial charge in [-0.2, -0.15) is 0 Å². The summed E-state index contributed by atoms with van der Waals surface area (Å²) in [7, 11) is 1.57. The predicted octanol–water partition coefficient (Wildman–Crippen LogP) is 3.51. The Bertz CT molecular complexity index is 701. The fourth-order valence-electron chi connectivity index (χ4n) is 1.73. The third-order valence-corrected chi connectivity index (χ3v) is 4.21. The number of rotatable bonds is 4. The van der Waals surface area contributed by atoms with Crippen molar-refractivity contribution in [3.8, 4) is 0 Å². The molecule has 0 saturated heterocycles. The minimum atomic E-state index is -1.07. The largest absolute Gasteiger partial charge is 0.477 e. The summed E-state index contributed by atoms with van der Waals surface area (Å²) in [6, 6.07) is 6.83. The molecule has 0 aliphatic rings. The van der Waals surface area contributed by atoms with Crippen molar-refractivity contribution >= 4 is 34.8 Å². The maximum atomic E-state index is 13.0. The van der Waals surface area contributed by atoms with Crippen molar-refractivity contribution in [2.24, 2.45) is 0 Å². The van der Waals surface area contributed by atoms with E-state index in [0.717, 1.165) is 11.3 Å². The van der Waals surface area contributed by atoms with Crippen molar-refractivity contribution in [3.63, 3.8) is 0 Å². The Morgan fingerprint density at radius 3 is 2.52 bits per heavy atom. The number of nitrogens with zero attached hydrogens (tertiary/aromatic N) is 1. The van der Waals surface area contributed by atoms with E-state index in [9.17, 15) is 14.0 Å². The first kappa shape index (κ1) is 15.5. The molecule has 2 rings (SSSR count). The number of carbonyl (C=O) groups excluding carboxylic acids is 1. The standard InChI is InChI=1S/C14H11ClFNO3S/c1-17(7-8-2-3-9(16)6-10(8)15)13(18)11-4-5-12(21-11)14(19)20/h2-6H,7H2,1H3,(H,19,20). The van der Waals surface area contributed by atoms with Crippen LogP contribution in [0.1, 0.15) is 24.9 Å². The summed E-state index contributed by atoms with van der Waals surface area (Å²) in [5, 5.41) is 9.09. The normalized spacial score (nSPS) is 10.4. The van der Waals surface area contributed by atoms with E-state index in [1.54, 1.807) is 7.05 Å². The first-order valence-electron chi connectivity index (χ1n) is 5.91. The highest BCUT2D eigenvalue weighted by molar-refractivity contribution is 7.15. The zero-order valence-corrected chi connectivity index (χ0v) is 12.5. The molecule has 4 nitrogen and oxygen atoms in total. The molecule has 1 N–H and O–H groups in total. The quantitative estimate of drug-likeness (QED) is 0.935. The van der Waals surface area contributed by atoms with Gasteiger partial charge in [0.15, 0.2) is 0 Å². The minimum Gasteiger partial charge on any atom is -0.477 e. The summed E-state index contributed by atoms with van der Waals surface area (Å²) in [6.07, 6.45) is 0. The number of amides is 1. The number of hydrogen-bond acceptors (Lipinski definition) is 3. The fourth-order valence-corrected chi connectivity index (χ4v) is 2.80. The van der Waals surface area contributed by atoms with Gasteiger partial charge < -0.3 is 10.0 Å². The van der Waals surface area contributed by atoms with Crippen LogP contribution in [0.5, 0.6) is 0 Å². The summed E-state index contributed by atoms with van der Waals surface area (Å²) >= 11 is 6.83. The molecule has 7 heteroatoms. The molecule has 0 spiro atoms. The van der Waals surface area contributed by atoms with Gasteiger partial charge in [-0.3, -0.25) is 4.79 Å². The van der Waals surface area contributed by atoms with E-state index >= 15 is 0 Å². The molecular weight excluding hydrogens is 317 g/mol. The molecule has 0 unspecified atom stereocenters. The summed E-state index contributed by atoms with van der Waals surface area (Å²) in [5.41, 5.74) is 0.615. The van der Waals surface area contributed by atoms with Crippen LogP contribution in [0, 0.1) is 5.82 Å². The fraction of sp³-hybridized carbons (Fsp3) is 0.143. The number of aromatic carboxylic acids is 1. The highest BCUT2D eigenvalue weighted by Gasteiger charge is 2.17. The molecule has 0 bridgehead atoms. The lowest BCUT2D eigenvalue weighted by Crippen LogP contribution is -2.25. The van der Waals surface area contributed by atoms with Crippen LogP contribution in [0.4, 0.5) is 4.39 Å². The number of carboxylic acid groups (broad SMARTS) is 1. The Morgan fingerprint density at radius 1 is 1.29 bits per heavy atom. The number of hydrogen-bond donors (Lipinski definition) is 1. The zero-order valence-electron chi connectivity index (χ0n) is 11.0. The van der Waals surface area contributed by atoms with Crippen molar-refractivity contribution in [1.82, 2.24) is 4.90 Å². The zero-order chi connectivity index (χ0) is 15.6. The maximum Gasteiger partial charge on any atom is 0.345 e. The van der Waals surface area contributed by atoms with Crippen LogP contribution in [0.25, 0.3) is 0 Å². The van der Waals surface area contributed by atoms with E-state index in [2.05, 4.69) is 0 Å². The second kappa shape index (κ2) is 6.24. The van der Waals surface area contributed by atoms with Crippen LogP contribution in [0.3, 0.4) is 0 Å². The Labute approximate surface area is 129 Å². The van der Waals surface area contributed by atoms with Gasteiger partial charge in [-0.1, -0.05) is 17.7 Å². The molecule has 0 aliphatic carbocycles. The molecular formula is C14H11ClFNO3S. The topological polar surface area (TPSA) is 57.6 Å². The van der Waals surface area contributed by atoms with Gasteiger partial charge in [-0.05, 0) is 29.8 Å². The second-order valence-electron chi connectivity index (χ2n) is 4.37. The van der Waals surface area contributed by atoms with Crippen molar-refractivity contribution in [1.29, 1.82) is 0 Å². The Hall–Kier alpha value is -1.92. The average Bonchev–Trinajstić information content (AvgIpc) is 2.90. The highest BCUT2D eigenvalue weighted by atomic mass is 35.5. The molecule has 1 amide bonds. The monoisotopic (exact) mass is 327 g/mol. The van der Waals surface area contributed by atoms with Crippen molar-refractivity contribution in [3.05, 3.63) is 56.5 Å². The van der Waals surface area contributed by atoms with E-state index < -0.39 is 11.8 Å². The van der Waals surface area contributed by atoms with Crippen LogP contribution in [0.2, 0.25) is 5.02 Å². The highest BCUT2D eigenvalue weighted by Crippen LogP contribution is 2.22. The SMILES string of the molecule is CN(Cc1ccc(F)cc1Cl)C(=O)c1ccc(C(=O)O)s1. The van der Waals surface area contributed by atoms with Gasteiger partial charge in [-0.15, -0.1) is 11.3 Å². The first-order valence-corrected chi connectivity index (χ1v) is 7.10. The number of thiophene rings is 1. The number of carbonyl (C=O) groups is 2. The van der Waals surface area contributed by atoms with E-state index in [4.69, 9.17) is 16.7 Å². The van der Waals surface area contributed by atoms with Crippen molar-refractivity contribution in [2.45, 2.75) is 6.54 Å². The molecule has 0 saturated carbocycles. The molecule has 110 valence electrons. The molecule has 0 aliphatic heterocycles. The average molecular weight is 328 g/mol. The molecule has 0 atom stereocenters. The number of halogens is 2. The van der Waals surface area contributed by atoms with E-state index in [-0.39, 0.29) is 22.4 Å². The van der Waals surface area contributed by atoms with Crippen LogP contribution in [-0.2, 0) is 6.54 Å². The molecule has 21 heavy (non-hydrogen) atoms. The van der Waals surface area contributed by atoms with Gasteiger partial charge in [0.1, 0.15) is 10.7 Å².